The van der Waals surface area contributed by atoms with E-state index in [1.165, 1.54) is 0 Å². The van der Waals surface area contributed by atoms with Gasteiger partial charge in [0.1, 0.15) is 11.0 Å². The number of benzene rings is 1. The normalized spacial score (nSPS) is 13.1. The molecule has 154 valence electrons. The van der Waals surface area contributed by atoms with Crippen molar-refractivity contribution < 1.29 is 14.4 Å². The largest absolute Gasteiger partial charge is 0.396 e. The summed E-state index contributed by atoms with van der Waals surface area (Å²) in [7, 11) is -1.69. The molecule has 0 bridgehead atoms. The number of rotatable bonds is 14. The molecule has 0 fully saturated rings. The first-order valence-electron chi connectivity index (χ1n) is 9.63. The molecule has 0 saturated carbocycles. The molecule has 0 aromatic heterocycles. The predicted molar refractivity (Wildman–Crippen MR) is 110 cm³/mol. The maximum atomic E-state index is 12.3. The Morgan fingerprint density at radius 3 is 1.85 bits per heavy atom. The third-order valence-electron chi connectivity index (χ3n) is 4.63. The van der Waals surface area contributed by atoms with Gasteiger partial charge in [0.2, 0.25) is 0 Å². The Labute approximate surface area is 164 Å². The number of aliphatic hydroxyl groups excluding tert-OH is 2. The Morgan fingerprint density at radius 2 is 1.37 bits per heavy atom. The zero-order valence-electron chi connectivity index (χ0n) is 16.0. The summed E-state index contributed by atoms with van der Waals surface area (Å²) in [5.74, 6) is 5.56. The zero-order valence-corrected chi connectivity index (χ0v) is 16.8. The second kappa shape index (κ2) is 13.7. The lowest BCUT2D eigenvalue weighted by Crippen LogP contribution is -2.23. The van der Waals surface area contributed by atoms with Gasteiger partial charge in [-0.05, 0) is 49.7 Å². The van der Waals surface area contributed by atoms with Crippen LogP contribution < -0.4 is 16.7 Å². The number of nitrogens with two attached hydrogens (primary N) is 3. The number of aryl methyl sites for hydroxylation is 2. The van der Waals surface area contributed by atoms with Crippen LogP contribution in [-0.4, -0.2) is 33.5 Å². The van der Waals surface area contributed by atoms with E-state index in [0.29, 0.717) is 10.5 Å². The summed E-state index contributed by atoms with van der Waals surface area (Å²) >= 11 is 0. The molecule has 7 nitrogen and oxygen atoms in total. The summed E-state index contributed by atoms with van der Waals surface area (Å²) in [5, 5.41) is 27.1. The van der Waals surface area contributed by atoms with Crippen LogP contribution >= 0.6 is 0 Å². The topological polar surface area (TPSA) is 148 Å². The van der Waals surface area contributed by atoms with Crippen molar-refractivity contribution in [1.82, 2.24) is 0 Å². The number of hydrogen-bond donors (Lipinski definition) is 5. The molecular formula is C19H34N4O3S. The van der Waals surface area contributed by atoms with E-state index in [1.54, 1.807) is 0 Å². The molecule has 0 amide bonds. The standard InChI is InChI=1S/C19H34N4O3S/c20-19(23-21)17-15(9-5-1-3-7-13-24)11-12-16(18(17)27(22)26)10-6-2-4-8-14-25/h11-12,24-25H,1-10,13-14,21-22H2,(H2,20,23). The Bertz CT molecular complexity index is 623. The van der Waals surface area contributed by atoms with E-state index < -0.39 is 11.0 Å². The molecule has 8 heteroatoms. The quantitative estimate of drug-likeness (QED) is 0.106. The molecule has 1 atom stereocenters. The minimum atomic E-state index is -1.69. The lowest BCUT2D eigenvalue weighted by molar-refractivity contribution is 0.282. The van der Waals surface area contributed by atoms with Gasteiger partial charge in [-0.15, -0.1) is 0 Å². The van der Waals surface area contributed by atoms with Crippen LogP contribution in [0.1, 0.15) is 68.1 Å². The van der Waals surface area contributed by atoms with Crippen LogP contribution in [0.25, 0.3) is 0 Å². The van der Waals surface area contributed by atoms with Crippen molar-refractivity contribution in [3.8, 4) is 0 Å². The highest BCUT2D eigenvalue weighted by atomic mass is 32.2. The minimum absolute atomic E-state index is 0.149. The highest BCUT2D eigenvalue weighted by Gasteiger charge is 2.19. The van der Waals surface area contributed by atoms with Crippen molar-refractivity contribution in [2.75, 3.05) is 13.2 Å². The number of hydrazone groups is 1. The molecule has 0 aliphatic rings. The lowest BCUT2D eigenvalue weighted by Gasteiger charge is -2.17. The van der Waals surface area contributed by atoms with Crippen molar-refractivity contribution in [3.63, 3.8) is 0 Å². The van der Waals surface area contributed by atoms with Crippen LogP contribution in [0.3, 0.4) is 0 Å². The molecule has 1 unspecified atom stereocenters. The van der Waals surface area contributed by atoms with E-state index in [1.807, 2.05) is 12.1 Å². The third kappa shape index (κ3) is 7.96. The number of nitrogens with zero attached hydrogens (tertiary/aromatic N) is 1. The van der Waals surface area contributed by atoms with E-state index >= 15 is 0 Å². The third-order valence-corrected chi connectivity index (χ3v) is 5.50. The van der Waals surface area contributed by atoms with Gasteiger partial charge in [-0.3, -0.25) is 0 Å². The summed E-state index contributed by atoms with van der Waals surface area (Å²) in [6.45, 7) is 0.417. The first-order chi connectivity index (χ1) is 13.1. The monoisotopic (exact) mass is 398 g/mol. The van der Waals surface area contributed by atoms with Gasteiger partial charge >= 0.3 is 0 Å². The second-order valence-electron chi connectivity index (χ2n) is 6.68. The number of unbranched alkanes of at least 4 members (excludes halogenated alkanes) is 6. The van der Waals surface area contributed by atoms with Gasteiger partial charge in [-0.2, -0.15) is 5.10 Å². The molecule has 27 heavy (non-hydrogen) atoms. The zero-order chi connectivity index (χ0) is 20.1. The second-order valence-corrected chi connectivity index (χ2v) is 7.68. The Hall–Kier alpha value is -1.48. The smallest absolute Gasteiger partial charge is 0.151 e. The van der Waals surface area contributed by atoms with Crippen molar-refractivity contribution in [1.29, 1.82) is 0 Å². The van der Waals surface area contributed by atoms with Gasteiger partial charge < -0.3 is 21.8 Å². The first kappa shape index (κ1) is 23.6. The molecule has 0 aliphatic heterocycles. The van der Waals surface area contributed by atoms with Gasteiger partial charge in [-0.1, -0.05) is 37.8 Å². The summed E-state index contributed by atoms with van der Waals surface area (Å²) in [6, 6.07) is 3.97. The van der Waals surface area contributed by atoms with Gasteiger partial charge in [0.25, 0.3) is 0 Å². The van der Waals surface area contributed by atoms with Crippen LogP contribution in [-0.2, 0) is 23.8 Å². The Kier molecular flexibility index (Phi) is 11.9. The molecule has 1 aromatic carbocycles. The van der Waals surface area contributed by atoms with Crippen molar-refractivity contribution in [2.45, 2.75) is 69.1 Å². The van der Waals surface area contributed by atoms with Crippen LogP contribution in [0.5, 0.6) is 0 Å². The van der Waals surface area contributed by atoms with Crippen LogP contribution in [0, 0.1) is 0 Å². The summed E-state index contributed by atoms with van der Waals surface area (Å²) in [5.41, 5.74) is 8.48. The summed E-state index contributed by atoms with van der Waals surface area (Å²) in [6.07, 6.45) is 8.86. The van der Waals surface area contributed by atoms with Gasteiger partial charge in [-0.25, -0.2) is 9.35 Å². The average molecular weight is 399 g/mol. The maximum Gasteiger partial charge on any atom is 0.151 e. The lowest BCUT2D eigenvalue weighted by atomic mass is 9.95. The fourth-order valence-corrected chi connectivity index (χ4v) is 4.07. The highest BCUT2D eigenvalue weighted by molar-refractivity contribution is 7.82. The fourth-order valence-electron chi connectivity index (χ4n) is 3.21. The predicted octanol–water partition coefficient (Wildman–Crippen LogP) is 1.44. The van der Waals surface area contributed by atoms with E-state index in [2.05, 4.69) is 5.10 Å². The van der Waals surface area contributed by atoms with Gasteiger partial charge in [0, 0.05) is 18.8 Å². The molecule has 0 heterocycles. The van der Waals surface area contributed by atoms with Crippen molar-refractivity contribution in [2.24, 2.45) is 21.8 Å². The summed E-state index contributed by atoms with van der Waals surface area (Å²) < 4.78 is 12.3. The number of aliphatic hydroxyl groups is 2. The molecule has 0 saturated heterocycles. The summed E-state index contributed by atoms with van der Waals surface area (Å²) in [4.78, 5) is 0.525. The number of amidine groups is 1. The van der Waals surface area contributed by atoms with E-state index in [9.17, 15) is 4.21 Å². The van der Waals surface area contributed by atoms with Crippen LogP contribution in [0.2, 0.25) is 0 Å². The first-order valence-corrected chi connectivity index (χ1v) is 10.8. The van der Waals surface area contributed by atoms with E-state index in [-0.39, 0.29) is 19.0 Å². The molecular weight excluding hydrogens is 364 g/mol. The fraction of sp³-hybridized carbons (Fsp3) is 0.632. The van der Waals surface area contributed by atoms with Gasteiger partial charge in [0.15, 0.2) is 5.84 Å². The van der Waals surface area contributed by atoms with Crippen molar-refractivity contribution in [3.05, 3.63) is 28.8 Å². The number of hydrogen-bond acceptors (Lipinski definition) is 5. The van der Waals surface area contributed by atoms with E-state index in [0.717, 1.165) is 75.3 Å². The maximum absolute atomic E-state index is 12.3. The van der Waals surface area contributed by atoms with E-state index in [4.69, 9.17) is 26.9 Å². The van der Waals surface area contributed by atoms with Crippen molar-refractivity contribution >= 4 is 16.8 Å². The molecule has 8 N–H and O–H groups in total. The molecule has 1 rings (SSSR count). The molecule has 0 spiro atoms. The minimum Gasteiger partial charge on any atom is -0.396 e. The van der Waals surface area contributed by atoms with Crippen LogP contribution in [0.15, 0.2) is 22.1 Å². The van der Waals surface area contributed by atoms with Gasteiger partial charge in [0.05, 0.1) is 4.90 Å². The Morgan fingerprint density at radius 1 is 0.889 bits per heavy atom. The SMILES string of the molecule is N/N=C(\N)c1c(CCCCCCO)ccc(CCCCCCO)c1S(N)=O. The highest BCUT2D eigenvalue weighted by Crippen LogP contribution is 2.25. The molecule has 1 aromatic rings. The Balaban J connectivity index is 3.01. The molecule has 0 aliphatic carbocycles. The van der Waals surface area contributed by atoms with Crippen LogP contribution in [0.4, 0.5) is 0 Å². The average Bonchev–Trinajstić information content (AvgIpc) is 2.67. The molecule has 0 radical (unpaired) electrons.